The molecule has 0 aromatic carbocycles. The van der Waals surface area contributed by atoms with Crippen LogP contribution in [0.5, 0.6) is 0 Å². The highest BCUT2D eigenvalue weighted by atomic mass is 16.3. The first kappa shape index (κ1) is 13.8. The van der Waals surface area contributed by atoms with E-state index in [1.54, 1.807) is 0 Å². The summed E-state index contributed by atoms with van der Waals surface area (Å²) < 4.78 is 0. The summed E-state index contributed by atoms with van der Waals surface area (Å²) in [6, 6.07) is 0.499. The summed E-state index contributed by atoms with van der Waals surface area (Å²) in [5, 5.41) is 12.7. The first-order chi connectivity index (χ1) is 8.52. The summed E-state index contributed by atoms with van der Waals surface area (Å²) in [5.74, 6) is 0.729. The monoisotopic (exact) mass is 254 g/mol. The number of carbonyl (C=O) groups excluding carboxylic acids is 1. The molecular weight excluding hydrogens is 228 g/mol. The number of piperidine rings is 1. The fraction of sp³-hybridized carbons (Fsp3) is 0.929. The van der Waals surface area contributed by atoms with Crippen molar-refractivity contribution in [3.63, 3.8) is 0 Å². The Kier molecular flexibility index (Phi) is 4.28. The van der Waals surface area contributed by atoms with Crippen LogP contribution in [0, 0.1) is 11.3 Å². The molecule has 2 N–H and O–H groups in total. The van der Waals surface area contributed by atoms with Gasteiger partial charge in [-0.25, -0.2) is 0 Å². The fourth-order valence-electron chi connectivity index (χ4n) is 2.37. The van der Waals surface area contributed by atoms with Crippen molar-refractivity contribution in [3.8, 4) is 0 Å². The van der Waals surface area contributed by atoms with E-state index in [4.69, 9.17) is 0 Å². The maximum absolute atomic E-state index is 11.9. The highest BCUT2D eigenvalue weighted by molar-refractivity contribution is 5.81. The highest BCUT2D eigenvalue weighted by Crippen LogP contribution is 2.31. The second kappa shape index (κ2) is 5.57. The number of hydrogen-bond donors (Lipinski definition) is 2. The topological polar surface area (TPSA) is 52.6 Å². The molecule has 4 heteroatoms. The fourth-order valence-corrected chi connectivity index (χ4v) is 2.37. The first-order valence-electron chi connectivity index (χ1n) is 7.15. The molecule has 4 nitrogen and oxygen atoms in total. The average molecular weight is 254 g/mol. The quantitative estimate of drug-likeness (QED) is 0.769. The highest BCUT2D eigenvalue weighted by Gasteiger charge is 2.34. The molecule has 1 heterocycles. The molecule has 1 saturated heterocycles. The number of likely N-dealkylation sites (tertiary alicyclic amines) is 1. The second-order valence-corrected chi connectivity index (χ2v) is 6.58. The predicted octanol–water partition coefficient (Wildman–Crippen LogP) is 0.995. The van der Waals surface area contributed by atoms with Crippen molar-refractivity contribution in [1.29, 1.82) is 0 Å². The number of amides is 1. The van der Waals surface area contributed by atoms with E-state index < -0.39 is 0 Å². The van der Waals surface area contributed by atoms with Gasteiger partial charge in [0.05, 0.1) is 0 Å². The van der Waals surface area contributed by atoms with E-state index in [0.29, 0.717) is 17.9 Å². The Bertz CT molecular complexity index is 292. The molecule has 1 aliphatic carbocycles. The second-order valence-electron chi connectivity index (χ2n) is 6.58. The summed E-state index contributed by atoms with van der Waals surface area (Å²) in [4.78, 5) is 13.9. The molecule has 1 amide bonds. The van der Waals surface area contributed by atoms with Crippen LogP contribution in [0.25, 0.3) is 0 Å². The van der Waals surface area contributed by atoms with Crippen LogP contribution in [0.2, 0.25) is 0 Å². The predicted molar refractivity (Wildman–Crippen MR) is 71.2 cm³/mol. The molecule has 2 rings (SSSR count). The van der Waals surface area contributed by atoms with Gasteiger partial charge in [-0.1, -0.05) is 13.8 Å². The minimum absolute atomic E-state index is 0.0546. The molecule has 0 radical (unpaired) electrons. The van der Waals surface area contributed by atoms with E-state index in [9.17, 15) is 9.90 Å². The zero-order valence-corrected chi connectivity index (χ0v) is 11.6. The molecule has 1 saturated carbocycles. The van der Waals surface area contributed by atoms with Crippen molar-refractivity contribution in [2.24, 2.45) is 11.3 Å². The van der Waals surface area contributed by atoms with Gasteiger partial charge in [0.2, 0.25) is 5.91 Å². The van der Waals surface area contributed by atoms with Gasteiger partial charge < -0.3 is 15.3 Å². The lowest BCUT2D eigenvalue weighted by molar-refractivity contribution is -0.133. The normalized spacial score (nSPS) is 22.3. The molecule has 0 atom stereocenters. The Morgan fingerprint density at radius 1 is 1.28 bits per heavy atom. The number of hydrogen-bond acceptors (Lipinski definition) is 3. The lowest BCUT2D eigenvalue weighted by atomic mass is 9.93. The van der Waals surface area contributed by atoms with Gasteiger partial charge in [0.25, 0.3) is 0 Å². The lowest BCUT2D eigenvalue weighted by Crippen LogP contribution is -2.47. The molecule has 0 aromatic heterocycles. The molecule has 1 aliphatic heterocycles. The van der Waals surface area contributed by atoms with Gasteiger partial charge >= 0.3 is 0 Å². The van der Waals surface area contributed by atoms with Gasteiger partial charge in [0.1, 0.15) is 0 Å². The molecule has 0 unspecified atom stereocenters. The van der Waals surface area contributed by atoms with E-state index in [1.165, 1.54) is 0 Å². The Balaban J connectivity index is 1.68. The third kappa shape index (κ3) is 3.69. The molecule has 2 fully saturated rings. The van der Waals surface area contributed by atoms with Crippen LogP contribution in [0.1, 0.15) is 39.5 Å². The zero-order valence-electron chi connectivity index (χ0n) is 11.6. The minimum atomic E-state index is -0.0546. The summed E-state index contributed by atoms with van der Waals surface area (Å²) in [7, 11) is 0. The maximum atomic E-state index is 11.9. The van der Waals surface area contributed by atoms with E-state index in [2.05, 4.69) is 19.2 Å². The smallest absolute Gasteiger partial charge is 0.225 e. The van der Waals surface area contributed by atoms with Crippen molar-refractivity contribution < 1.29 is 9.90 Å². The molecule has 2 aliphatic rings. The lowest BCUT2D eigenvalue weighted by Gasteiger charge is -2.34. The number of rotatable bonds is 5. The SMILES string of the molecule is CC(C)(CO)CNC1CCN(C(=O)C2CC2)CC1. The number of nitrogens with one attached hydrogen (secondary N) is 1. The van der Waals surface area contributed by atoms with Gasteiger partial charge in [-0.3, -0.25) is 4.79 Å². The largest absolute Gasteiger partial charge is 0.396 e. The van der Waals surface area contributed by atoms with Crippen LogP contribution in [-0.2, 0) is 4.79 Å². The van der Waals surface area contributed by atoms with Gasteiger partial charge in [-0.2, -0.15) is 0 Å². The summed E-state index contributed by atoms with van der Waals surface area (Å²) in [6.45, 7) is 6.96. The first-order valence-corrected chi connectivity index (χ1v) is 7.15. The van der Waals surface area contributed by atoms with Gasteiger partial charge in [-0.15, -0.1) is 0 Å². The zero-order chi connectivity index (χ0) is 13.2. The third-order valence-electron chi connectivity index (χ3n) is 4.03. The Morgan fingerprint density at radius 3 is 2.39 bits per heavy atom. The summed E-state index contributed by atoms with van der Waals surface area (Å²) >= 11 is 0. The molecular formula is C14H26N2O2. The molecule has 0 bridgehead atoms. The summed E-state index contributed by atoms with van der Waals surface area (Å²) in [6.07, 6.45) is 4.28. The molecule has 0 spiro atoms. The summed E-state index contributed by atoms with van der Waals surface area (Å²) in [5.41, 5.74) is -0.0546. The van der Waals surface area contributed by atoms with Crippen molar-refractivity contribution >= 4 is 5.91 Å². The Labute approximate surface area is 110 Å². The van der Waals surface area contributed by atoms with Crippen LogP contribution in [0.3, 0.4) is 0 Å². The Hall–Kier alpha value is -0.610. The van der Waals surface area contributed by atoms with Crippen LogP contribution in [-0.4, -0.2) is 48.2 Å². The van der Waals surface area contributed by atoms with Gasteiger partial charge in [-0.05, 0) is 25.7 Å². The van der Waals surface area contributed by atoms with E-state index in [0.717, 1.165) is 45.3 Å². The Morgan fingerprint density at radius 2 is 1.89 bits per heavy atom. The van der Waals surface area contributed by atoms with E-state index in [-0.39, 0.29) is 12.0 Å². The van der Waals surface area contributed by atoms with Crippen LogP contribution < -0.4 is 5.32 Å². The van der Waals surface area contributed by atoms with Crippen LogP contribution in [0.15, 0.2) is 0 Å². The molecule has 0 aromatic rings. The number of aliphatic hydroxyl groups is 1. The maximum Gasteiger partial charge on any atom is 0.225 e. The van der Waals surface area contributed by atoms with Crippen molar-refractivity contribution in [1.82, 2.24) is 10.2 Å². The van der Waals surface area contributed by atoms with Gasteiger partial charge in [0, 0.05) is 43.6 Å². The van der Waals surface area contributed by atoms with Crippen molar-refractivity contribution in [2.45, 2.75) is 45.6 Å². The number of aliphatic hydroxyl groups excluding tert-OH is 1. The van der Waals surface area contributed by atoms with Crippen LogP contribution in [0.4, 0.5) is 0 Å². The third-order valence-corrected chi connectivity index (χ3v) is 4.03. The number of carbonyl (C=O) groups is 1. The molecule has 104 valence electrons. The van der Waals surface area contributed by atoms with E-state index in [1.807, 2.05) is 4.90 Å². The number of nitrogens with zero attached hydrogens (tertiary/aromatic N) is 1. The standard InChI is InChI=1S/C14H26N2O2/c1-14(2,10-17)9-15-12-5-7-16(8-6-12)13(18)11-3-4-11/h11-12,15,17H,3-10H2,1-2H3. The minimum Gasteiger partial charge on any atom is -0.396 e. The van der Waals surface area contributed by atoms with Crippen molar-refractivity contribution in [2.75, 3.05) is 26.2 Å². The van der Waals surface area contributed by atoms with Crippen molar-refractivity contribution in [3.05, 3.63) is 0 Å². The molecule has 18 heavy (non-hydrogen) atoms. The van der Waals surface area contributed by atoms with Gasteiger partial charge in [0.15, 0.2) is 0 Å². The average Bonchev–Trinajstić information content (AvgIpc) is 3.21. The van der Waals surface area contributed by atoms with E-state index >= 15 is 0 Å². The van der Waals surface area contributed by atoms with Crippen LogP contribution >= 0.6 is 0 Å².